The van der Waals surface area contributed by atoms with Gasteiger partial charge < -0.3 is 5.32 Å². The van der Waals surface area contributed by atoms with Crippen molar-refractivity contribution in [1.82, 2.24) is 15.2 Å². The topological polar surface area (TPSA) is 45.2 Å². The number of aromatic nitrogens is 1. The molecule has 0 aliphatic heterocycles. The Bertz CT molecular complexity index is 1290. The van der Waals surface area contributed by atoms with E-state index in [0.717, 1.165) is 27.8 Å². The Balaban J connectivity index is 1.47. The molecular formula is C28H26F3N3OS. The zero-order chi connectivity index (χ0) is 25.5. The van der Waals surface area contributed by atoms with Gasteiger partial charge >= 0.3 is 6.18 Å². The molecule has 4 aromatic rings. The van der Waals surface area contributed by atoms with Crippen LogP contribution in [0.5, 0.6) is 0 Å². The first-order chi connectivity index (χ1) is 17.3. The molecule has 4 nitrogen and oxygen atoms in total. The van der Waals surface area contributed by atoms with E-state index >= 15 is 0 Å². The van der Waals surface area contributed by atoms with Gasteiger partial charge in [-0.15, -0.1) is 11.3 Å². The zero-order valence-electron chi connectivity index (χ0n) is 19.8. The third-order valence-corrected chi connectivity index (χ3v) is 6.46. The van der Waals surface area contributed by atoms with Gasteiger partial charge in [0, 0.05) is 25.0 Å². The number of carbonyl (C=O) groups is 1. The van der Waals surface area contributed by atoms with Crippen LogP contribution in [0.15, 0.2) is 84.2 Å². The number of aryl methyl sites for hydroxylation is 1. The average molecular weight is 510 g/mol. The van der Waals surface area contributed by atoms with E-state index in [1.54, 1.807) is 11.4 Å². The zero-order valence-corrected chi connectivity index (χ0v) is 20.6. The molecule has 1 aromatic heterocycles. The lowest BCUT2D eigenvalue weighted by Crippen LogP contribution is -2.24. The summed E-state index contributed by atoms with van der Waals surface area (Å²) in [5, 5.41) is 5.31. The van der Waals surface area contributed by atoms with Gasteiger partial charge in [-0.25, -0.2) is 4.98 Å². The number of alkyl halides is 3. The number of nitrogens with one attached hydrogen (secondary N) is 1. The second-order valence-corrected chi connectivity index (χ2v) is 9.57. The molecule has 0 saturated carbocycles. The summed E-state index contributed by atoms with van der Waals surface area (Å²) in [4.78, 5) is 19.1. The van der Waals surface area contributed by atoms with Crippen LogP contribution in [0.1, 0.15) is 43.3 Å². The predicted molar refractivity (Wildman–Crippen MR) is 135 cm³/mol. The van der Waals surface area contributed by atoms with E-state index in [1.807, 2.05) is 66.4 Å². The summed E-state index contributed by atoms with van der Waals surface area (Å²) in [7, 11) is 0. The van der Waals surface area contributed by atoms with Gasteiger partial charge in [-0.1, -0.05) is 78.4 Å². The summed E-state index contributed by atoms with van der Waals surface area (Å²) in [6.07, 6.45) is -4.39. The molecule has 0 fully saturated rings. The lowest BCUT2D eigenvalue weighted by Gasteiger charge is -2.22. The lowest BCUT2D eigenvalue weighted by atomic mass is 10.1. The molecule has 1 amide bonds. The largest absolute Gasteiger partial charge is 0.416 e. The standard InChI is InChI=1S/C28H26F3N3OS/c1-20-10-12-22(13-11-20)16-34(17-23-8-5-9-24(14-23)28(29,30)31)18-26-33-25(19-36-26)27(35)32-15-21-6-3-2-4-7-21/h2-14,19H,15-18H2,1H3,(H,32,35). The molecule has 4 rings (SSSR count). The molecule has 0 bridgehead atoms. The van der Waals surface area contributed by atoms with Crippen molar-refractivity contribution < 1.29 is 18.0 Å². The van der Waals surface area contributed by atoms with Crippen molar-refractivity contribution in [1.29, 1.82) is 0 Å². The number of nitrogens with zero attached hydrogens (tertiary/aromatic N) is 2. The van der Waals surface area contributed by atoms with Crippen LogP contribution in [-0.2, 0) is 32.4 Å². The molecule has 1 N–H and O–H groups in total. The lowest BCUT2D eigenvalue weighted by molar-refractivity contribution is -0.137. The van der Waals surface area contributed by atoms with E-state index in [1.165, 1.54) is 23.5 Å². The Kier molecular flexibility index (Phi) is 8.18. The maximum absolute atomic E-state index is 13.2. The van der Waals surface area contributed by atoms with E-state index in [-0.39, 0.29) is 5.91 Å². The minimum Gasteiger partial charge on any atom is -0.347 e. The highest BCUT2D eigenvalue weighted by Gasteiger charge is 2.30. The number of amides is 1. The summed E-state index contributed by atoms with van der Waals surface area (Å²) in [6, 6.07) is 23.0. The Morgan fingerprint density at radius 1 is 0.889 bits per heavy atom. The molecule has 8 heteroatoms. The molecule has 0 aliphatic rings. The van der Waals surface area contributed by atoms with Crippen molar-refractivity contribution in [3.05, 3.63) is 123 Å². The van der Waals surface area contributed by atoms with Crippen molar-refractivity contribution in [3.8, 4) is 0 Å². The number of thiazole rings is 1. The van der Waals surface area contributed by atoms with Crippen molar-refractivity contribution in [3.63, 3.8) is 0 Å². The van der Waals surface area contributed by atoms with Gasteiger partial charge in [0.15, 0.2) is 0 Å². The van der Waals surface area contributed by atoms with Crippen molar-refractivity contribution >= 4 is 17.2 Å². The van der Waals surface area contributed by atoms with Crippen LogP contribution in [0.25, 0.3) is 0 Å². The SMILES string of the molecule is Cc1ccc(CN(Cc2cccc(C(F)(F)F)c2)Cc2nc(C(=O)NCc3ccccc3)cs2)cc1. The summed E-state index contributed by atoms with van der Waals surface area (Å²) in [6.45, 7) is 3.66. The second kappa shape index (κ2) is 11.5. The van der Waals surface area contributed by atoms with E-state index in [2.05, 4.69) is 10.3 Å². The van der Waals surface area contributed by atoms with E-state index in [0.29, 0.717) is 37.4 Å². The number of hydrogen-bond donors (Lipinski definition) is 1. The Morgan fingerprint density at radius 2 is 1.58 bits per heavy atom. The highest BCUT2D eigenvalue weighted by Crippen LogP contribution is 2.30. The number of rotatable bonds is 9. The average Bonchev–Trinajstić information content (AvgIpc) is 3.33. The second-order valence-electron chi connectivity index (χ2n) is 8.62. The van der Waals surface area contributed by atoms with Gasteiger partial charge in [0.2, 0.25) is 0 Å². The molecule has 0 saturated heterocycles. The van der Waals surface area contributed by atoms with Crippen LogP contribution in [0, 0.1) is 6.92 Å². The van der Waals surface area contributed by atoms with E-state index < -0.39 is 11.7 Å². The van der Waals surface area contributed by atoms with E-state index in [4.69, 9.17) is 0 Å². The fourth-order valence-corrected chi connectivity index (χ4v) is 4.59. The predicted octanol–water partition coefficient (Wildman–Crippen LogP) is 6.60. The van der Waals surface area contributed by atoms with Gasteiger partial charge in [0.05, 0.1) is 12.1 Å². The first kappa shape index (κ1) is 25.6. The molecule has 0 radical (unpaired) electrons. The Morgan fingerprint density at radius 3 is 2.31 bits per heavy atom. The van der Waals surface area contributed by atoms with Gasteiger partial charge in [-0.2, -0.15) is 13.2 Å². The minimum atomic E-state index is -4.39. The fourth-order valence-electron chi connectivity index (χ4n) is 3.77. The molecule has 0 spiro atoms. The first-order valence-corrected chi connectivity index (χ1v) is 12.3. The molecule has 0 unspecified atom stereocenters. The quantitative estimate of drug-likeness (QED) is 0.276. The molecule has 1 heterocycles. The Hall–Kier alpha value is -3.49. The monoisotopic (exact) mass is 509 g/mol. The van der Waals surface area contributed by atoms with Crippen LogP contribution < -0.4 is 5.32 Å². The van der Waals surface area contributed by atoms with Crippen LogP contribution in [0.3, 0.4) is 0 Å². The number of benzene rings is 3. The van der Waals surface area contributed by atoms with Gasteiger partial charge in [0.25, 0.3) is 5.91 Å². The number of hydrogen-bond acceptors (Lipinski definition) is 4. The number of halogens is 3. The summed E-state index contributed by atoms with van der Waals surface area (Å²) < 4.78 is 39.7. The molecule has 36 heavy (non-hydrogen) atoms. The normalized spacial score (nSPS) is 11.6. The molecule has 0 atom stereocenters. The maximum Gasteiger partial charge on any atom is 0.416 e. The third kappa shape index (κ3) is 7.26. The number of carbonyl (C=O) groups excluding carboxylic acids is 1. The molecule has 0 aliphatic carbocycles. The van der Waals surface area contributed by atoms with Gasteiger partial charge in [-0.3, -0.25) is 9.69 Å². The van der Waals surface area contributed by atoms with Crippen LogP contribution in [0.2, 0.25) is 0 Å². The van der Waals surface area contributed by atoms with Gasteiger partial charge in [0.1, 0.15) is 10.7 Å². The van der Waals surface area contributed by atoms with Crippen molar-refractivity contribution in [2.24, 2.45) is 0 Å². The van der Waals surface area contributed by atoms with Crippen LogP contribution in [-0.4, -0.2) is 15.8 Å². The van der Waals surface area contributed by atoms with E-state index in [9.17, 15) is 18.0 Å². The van der Waals surface area contributed by atoms with Crippen molar-refractivity contribution in [2.45, 2.75) is 39.3 Å². The first-order valence-electron chi connectivity index (χ1n) is 11.5. The Labute approximate surface area is 212 Å². The smallest absolute Gasteiger partial charge is 0.347 e. The molecular weight excluding hydrogens is 483 g/mol. The highest BCUT2D eigenvalue weighted by atomic mass is 32.1. The van der Waals surface area contributed by atoms with Crippen LogP contribution >= 0.6 is 11.3 Å². The maximum atomic E-state index is 13.2. The fraction of sp³-hybridized carbons (Fsp3) is 0.214. The summed E-state index contributed by atoms with van der Waals surface area (Å²) >= 11 is 1.37. The summed E-state index contributed by atoms with van der Waals surface area (Å²) in [5.41, 5.74) is 3.40. The minimum absolute atomic E-state index is 0.260. The highest BCUT2D eigenvalue weighted by molar-refractivity contribution is 7.09. The van der Waals surface area contributed by atoms with Crippen molar-refractivity contribution in [2.75, 3.05) is 0 Å². The summed E-state index contributed by atoms with van der Waals surface area (Å²) in [5.74, 6) is -0.260. The molecule has 186 valence electrons. The molecule has 3 aromatic carbocycles. The van der Waals surface area contributed by atoms with Gasteiger partial charge in [-0.05, 0) is 29.7 Å². The third-order valence-electron chi connectivity index (χ3n) is 5.63. The van der Waals surface area contributed by atoms with Crippen LogP contribution in [0.4, 0.5) is 13.2 Å².